The molecule has 2 atom stereocenters. The molecule has 3 aliphatic rings. The Morgan fingerprint density at radius 1 is 0.638 bits per heavy atom. The van der Waals surface area contributed by atoms with Gasteiger partial charge in [0.1, 0.15) is 57.8 Å². The molecule has 0 saturated carbocycles. The summed E-state index contributed by atoms with van der Waals surface area (Å²) in [4.78, 5) is 26.9. The van der Waals surface area contributed by atoms with E-state index in [2.05, 4.69) is 0 Å². The normalized spacial score (nSPS) is 17.6. The summed E-state index contributed by atoms with van der Waals surface area (Å²) in [7, 11) is 5.81. The Bertz CT molecular complexity index is 1950. The van der Waals surface area contributed by atoms with E-state index in [1.165, 1.54) is 46.6 Å². The third kappa shape index (κ3) is 4.93. The molecular weight excluding hydrogens is 612 g/mol. The maximum absolute atomic E-state index is 13.7. The molecule has 0 amide bonds. The van der Waals surface area contributed by atoms with Gasteiger partial charge in [-0.3, -0.25) is 9.59 Å². The van der Waals surface area contributed by atoms with Gasteiger partial charge in [0.25, 0.3) is 0 Å². The van der Waals surface area contributed by atoms with E-state index in [9.17, 15) is 19.8 Å². The van der Waals surface area contributed by atoms with Crippen LogP contribution in [-0.4, -0.2) is 57.0 Å². The Balaban J connectivity index is 1.38. The first-order chi connectivity index (χ1) is 22.7. The van der Waals surface area contributed by atoms with Crippen molar-refractivity contribution in [3.63, 3.8) is 0 Å². The summed E-state index contributed by atoms with van der Waals surface area (Å²) in [5, 5.41) is 21.5. The van der Waals surface area contributed by atoms with Crippen LogP contribution in [0.2, 0.25) is 0 Å². The quantitative estimate of drug-likeness (QED) is 0.246. The van der Waals surface area contributed by atoms with Crippen LogP contribution in [0, 0.1) is 0 Å². The second kappa shape index (κ2) is 11.5. The van der Waals surface area contributed by atoms with Crippen molar-refractivity contribution < 1.29 is 57.7 Å². The van der Waals surface area contributed by atoms with Gasteiger partial charge in [-0.1, -0.05) is 6.07 Å². The van der Waals surface area contributed by atoms with Crippen LogP contribution in [0.25, 0.3) is 11.1 Å². The van der Waals surface area contributed by atoms with Gasteiger partial charge in [-0.25, -0.2) is 0 Å². The molecule has 3 aliphatic heterocycles. The molecule has 3 heterocycles. The average molecular weight is 643 g/mol. The number of Topliss-reactive ketones (excluding diaryl/α,β-unsaturated/α-hetero) is 2. The third-order valence-electron chi connectivity index (χ3n) is 8.47. The second-order valence-electron chi connectivity index (χ2n) is 11.1. The SMILES string of the molecule is COc1cc(O)c2c(c1)O[C@@H](c1cc(OC)c(OC)c(-c3c(OC)cc(O)c4c3O[C@H](c3ccc5c(c3)OCO5)CC4=O)c1)CC2=O. The molecule has 7 rings (SSSR count). The lowest BCUT2D eigenvalue weighted by molar-refractivity contribution is 0.0834. The van der Waals surface area contributed by atoms with E-state index in [-0.39, 0.29) is 76.8 Å². The van der Waals surface area contributed by atoms with Crippen LogP contribution in [-0.2, 0) is 0 Å². The fourth-order valence-electron chi connectivity index (χ4n) is 6.25. The Morgan fingerprint density at radius 2 is 1.34 bits per heavy atom. The number of benzene rings is 4. The predicted octanol–water partition coefficient (Wildman–Crippen LogP) is 5.94. The molecule has 47 heavy (non-hydrogen) atoms. The first kappa shape index (κ1) is 29.9. The van der Waals surface area contributed by atoms with Gasteiger partial charge in [0.15, 0.2) is 34.6 Å². The summed E-state index contributed by atoms with van der Waals surface area (Å²) >= 11 is 0. The lowest BCUT2D eigenvalue weighted by Crippen LogP contribution is -2.22. The molecule has 12 heteroatoms. The van der Waals surface area contributed by atoms with Gasteiger partial charge in [0.05, 0.1) is 46.8 Å². The summed E-state index contributed by atoms with van der Waals surface area (Å²) < 4.78 is 46.3. The van der Waals surface area contributed by atoms with Gasteiger partial charge >= 0.3 is 0 Å². The predicted molar refractivity (Wildman–Crippen MR) is 165 cm³/mol. The average Bonchev–Trinajstić information content (AvgIpc) is 3.55. The highest BCUT2D eigenvalue weighted by Crippen LogP contribution is 2.55. The number of ether oxygens (including phenoxy) is 8. The van der Waals surface area contributed by atoms with Crippen LogP contribution in [0.4, 0.5) is 0 Å². The molecule has 0 bridgehead atoms. The first-order valence-electron chi connectivity index (χ1n) is 14.6. The van der Waals surface area contributed by atoms with Crippen LogP contribution in [0.3, 0.4) is 0 Å². The summed E-state index contributed by atoms with van der Waals surface area (Å²) in [6, 6.07) is 13.0. The van der Waals surface area contributed by atoms with Gasteiger partial charge < -0.3 is 48.1 Å². The van der Waals surface area contributed by atoms with Crippen LogP contribution in [0.1, 0.15) is 56.9 Å². The van der Waals surface area contributed by atoms with Crippen LogP contribution < -0.4 is 37.9 Å². The number of methoxy groups -OCH3 is 4. The molecule has 0 fully saturated rings. The van der Waals surface area contributed by atoms with Gasteiger partial charge in [-0.15, -0.1) is 0 Å². The fourth-order valence-corrected chi connectivity index (χ4v) is 6.25. The third-order valence-corrected chi connectivity index (χ3v) is 8.47. The van der Waals surface area contributed by atoms with Crippen LogP contribution in [0.15, 0.2) is 48.5 Å². The molecule has 0 unspecified atom stereocenters. The van der Waals surface area contributed by atoms with Crippen molar-refractivity contribution >= 4 is 11.6 Å². The zero-order valence-electron chi connectivity index (χ0n) is 25.9. The van der Waals surface area contributed by atoms with Crippen molar-refractivity contribution in [2.45, 2.75) is 25.0 Å². The van der Waals surface area contributed by atoms with Crippen molar-refractivity contribution in [2.75, 3.05) is 35.2 Å². The highest BCUT2D eigenvalue weighted by Gasteiger charge is 2.38. The monoisotopic (exact) mass is 642 g/mol. The fraction of sp³-hybridized carbons (Fsp3) is 0.257. The summed E-state index contributed by atoms with van der Waals surface area (Å²) in [6.07, 6.45) is -1.67. The molecule has 0 spiro atoms. The largest absolute Gasteiger partial charge is 0.507 e. The molecule has 2 N–H and O–H groups in total. The van der Waals surface area contributed by atoms with E-state index in [4.69, 9.17) is 37.9 Å². The lowest BCUT2D eigenvalue weighted by atomic mass is 9.88. The van der Waals surface area contributed by atoms with E-state index in [1.807, 2.05) is 0 Å². The van der Waals surface area contributed by atoms with Gasteiger partial charge in [0.2, 0.25) is 6.79 Å². The molecule has 12 nitrogen and oxygen atoms in total. The molecule has 4 aromatic rings. The zero-order valence-corrected chi connectivity index (χ0v) is 25.9. The van der Waals surface area contributed by atoms with E-state index in [0.717, 1.165) is 0 Å². The first-order valence-corrected chi connectivity index (χ1v) is 14.6. The Kier molecular flexibility index (Phi) is 7.34. The van der Waals surface area contributed by atoms with Gasteiger partial charge in [-0.05, 0) is 35.4 Å². The number of rotatable bonds is 7. The van der Waals surface area contributed by atoms with E-state index in [0.29, 0.717) is 45.3 Å². The van der Waals surface area contributed by atoms with Crippen LogP contribution in [0.5, 0.6) is 57.5 Å². The van der Waals surface area contributed by atoms with Gasteiger partial charge in [-0.2, -0.15) is 0 Å². The maximum Gasteiger partial charge on any atom is 0.231 e. The number of fused-ring (bicyclic) bond motifs is 3. The standard InChI is InChI=1S/C35H30O12/c1-40-18-10-20(36)32-21(37)12-26(46-29(32)11-18)17-7-19(34(43-4)30(9-17)42-3)31-28(41-2)14-23(39)33-22(38)13-25(47-35(31)33)16-5-6-24-27(8-16)45-15-44-24/h5-11,14,25-26,36,39H,12-13,15H2,1-4H3/t25-,26+/m0/s1. The second-order valence-corrected chi connectivity index (χ2v) is 11.1. The highest BCUT2D eigenvalue weighted by molar-refractivity contribution is 6.06. The number of carbonyl (C=O) groups excluding carboxylic acids is 2. The minimum Gasteiger partial charge on any atom is -0.507 e. The van der Waals surface area contributed by atoms with Crippen molar-refractivity contribution in [2.24, 2.45) is 0 Å². The maximum atomic E-state index is 13.7. The number of hydrogen-bond acceptors (Lipinski definition) is 12. The van der Waals surface area contributed by atoms with E-state index in [1.54, 1.807) is 30.3 Å². The topological polar surface area (TPSA) is 148 Å². The highest BCUT2D eigenvalue weighted by atomic mass is 16.7. The molecule has 4 aromatic carbocycles. The smallest absolute Gasteiger partial charge is 0.231 e. The number of hydrogen-bond donors (Lipinski definition) is 2. The molecule has 0 aliphatic carbocycles. The lowest BCUT2D eigenvalue weighted by Gasteiger charge is -2.30. The number of carbonyl (C=O) groups is 2. The molecule has 0 radical (unpaired) electrons. The Hall–Kier alpha value is -5.78. The number of ketones is 2. The van der Waals surface area contributed by atoms with Crippen molar-refractivity contribution in [3.8, 4) is 68.6 Å². The van der Waals surface area contributed by atoms with Crippen molar-refractivity contribution in [1.29, 1.82) is 0 Å². The molecule has 0 aromatic heterocycles. The van der Waals surface area contributed by atoms with Crippen LogP contribution >= 0.6 is 0 Å². The van der Waals surface area contributed by atoms with E-state index >= 15 is 0 Å². The number of phenols is 2. The van der Waals surface area contributed by atoms with Gasteiger partial charge in [0, 0.05) is 23.8 Å². The summed E-state index contributed by atoms with van der Waals surface area (Å²) in [5.74, 6) is 1.25. The number of aromatic hydroxyl groups is 2. The summed E-state index contributed by atoms with van der Waals surface area (Å²) in [6.45, 7) is 0.0931. The van der Waals surface area contributed by atoms with Crippen molar-refractivity contribution in [3.05, 3.63) is 70.8 Å². The minimum absolute atomic E-state index is 0.00944. The van der Waals surface area contributed by atoms with Crippen molar-refractivity contribution in [1.82, 2.24) is 0 Å². The molecule has 0 saturated heterocycles. The minimum atomic E-state index is -0.803. The summed E-state index contributed by atoms with van der Waals surface area (Å²) in [5.41, 5.74) is 1.97. The zero-order chi connectivity index (χ0) is 33.0. The molecular formula is C35H30O12. The van der Waals surface area contributed by atoms with E-state index < -0.39 is 12.2 Å². The Morgan fingerprint density at radius 3 is 2.06 bits per heavy atom. The number of phenolic OH excluding ortho intramolecular Hbond substituents is 2. The molecule has 242 valence electrons. The Labute approximate surface area is 268 Å².